The van der Waals surface area contributed by atoms with Gasteiger partial charge in [0, 0.05) is 0 Å². The van der Waals surface area contributed by atoms with Crippen molar-refractivity contribution in [3.63, 3.8) is 0 Å². The summed E-state index contributed by atoms with van der Waals surface area (Å²) in [5.41, 5.74) is 5.18. The number of allylic oxidation sites excluding steroid dienone is 1. The average Bonchev–Trinajstić information content (AvgIpc) is 2.62. The summed E-state index contributed by atoms with van der Waals surface area (Å²) in [4.78, 5) is 0. The first-order chi connectivity index (χ1) is 12.2. The number of benzene rings is 2. The van der Waals surface area contributed by atoms with Gasteiger partial charge in [0.1, 0.15) is 5.83 Å². The van der Waals surface area contributed by atoms with E-state index < -0.39 is 0 Å². The Balaban J connectivity index is 1.73. The van der Waals surface area contributed by atoms with E-state index in [-0.39, 0.29) is 5.83 Å². The van der Waals surface area contributed by atoms with E-state index in [1.54, 1.807) is 6.08 Å². The third kappa shape index (κ3) is 7.25. The van der Waals surface area contributed by atoms with E-state index in [0.29, 0.717) is 6.42 Å². The standard InChI is InChI=1S/C24H31F/c1-3-7-20-11-13-21(14-12-20)9-5-6-10-22-15-17-23(18-16-22)19-24(25)8-4-2/h11-19H,3-10H2,1-2H3/b24-19+. The maximum atomic E-state index is 13.5. The highest BCUT2D eigenvalue weighted by Gasteiger charge is 1.99. The van der Waals surface area contributed by atoms with Crippen molar-refractivity contribution in [2.24, 2.45) is 0 Å². The van der Waals surface area contributed by atoms with Gasteiger partial charge in [0.05, 0.1) is 0 Å². The second kappa shape index (κ2) is 10.9. The molecule has 0 heterocycles. The summed E-state index contributed by atoms with van der Waals surface area (Å²) in [6, 6.07) is 17.4. The van der Waals surface area contributed by atoms with Crippen LogP contribution in [0.25, 0.3) is 6.08 Å². The van der Waals surface area contributed by atoms with Gasteiger partial charge >= 0.3 is 0 Å². The molecule has 0 spiro atoms. The SMILES string of the molecule is CCC/C(F)=C\c1ccc(CCCCc2ccc(CCC)cc2)cc1. The number of rotatable bonds is 10. The molecule has 1 heteroatoms. The molecule has 0 aromatic heterocycles. The first-order valence-corrected chi connectivity index (χ1v) is 9.74. The molecular weight excluding hydrogens is 307 g/mol. The van der Waals surface area contributed by atoms with Crippen molar-refractivity contribution in [3.05, 3.63) is 76.6 Å². The quantitative estimate of drug-likeness (QED) is 0.398. The lowest BCUT2D eigenvalue weighted by Gasteiger charge is -2.05. The highest BCUT2D eigenvalue weighted by Crippen LogP contribution is 2.15. The van der Waals surface area contributed by atoms with E-state index in [1.807, 2.05) is 19.1 Å². The zero-order chi connectivity index (χ0) is 17.9. The lowest BCUT2D eigenvalue weighted by atomic mass is 10.0. The summed E-state index contributed by atoms with van der Waals surface area (Å²) in [6.07, 6.45) is 10.0. The molecule has 0 aliphatic rings. The average molecular weight is 339 g/mol. The minimum Gasteiger partial charge on any atom is -0.212 e. The van der Waals surface area contributed by atoms with Crippen LogP contribution in [-0.2, 0) is 19.3 Å². The summed E-state index contributed by atoms with van der Waals surface area (Å²) in [5.74, 6) is -0.0276. The predicted molar refractivity (Wildman–Crippen MR) is 108 cm³/mol. The van der Waals surface area contributed by atoms with Crippen molar-refractivity contribution in [3.8, 4) is 0 Å². The molecule has 2 aromatic rings. The van der Waals surface area contributed by atoms with Crippen molar-refractivity contribution in [2.75, 3.05) is 0 Å². The van der Waals surface area contributed by atoms with Crippen molar-refractivity contribution < 1.29 is 4.39 Å². The van der Waals surface area contributed by atoms with Gasteiger partial charge in [0.25, 0.3) is 0 Å². The fourth-order valence-corrected chi connectivity index (χ4v) is 3.09. The maximum Gasteiger partial charge on any atom is 0.100 e. The van der Waals surface area contributed by atoms with E-state index in [1.165, 1.54) is 42.4 Å². The Morgan fingerprint density at radius 3 is 1.68 bits per heavy atom. The number of hydrogen-bond donors (Lipinski definition) is 0. The van der Waals surface area contributed by atoms with Gasteiger partial charge in [-0.3, -0.25) is 0 Å². The van der Waals surface area contributed by atoms with Gasteiger partial charge in [0.15, 0.2) is 0 Å². The molecule has 0 saturated carbocycles. The first-order valence-electron chi connectivity index (χ1n) is 9.74. The second-order valence-corrected chi connectivity index (χ2v) is 6.86. The first kappa shape index (κ1) is 19.4. The highest BCUT2D eigenvalue weighted by atomic mass is 19.1. The molecule has 0 aliphatic heterocycles. The van der Waals surface area contributed by atoms with Gasteiger partial charge in [-0.2, -0.15) is 0 Å². The maximum absolute atomic E-state index is 13.5. The highest BCUT2D eigenvalue weighted by molar-refractivity contribution is 5.51. The van der Waals surface area contributed by atoms with E-state index in [4.69, 9.17) is 0 Å². The van der Waals surface area contributed by atoms with Gasteiger partial charge in [-0.15, -0.1) is 0 Å². The molecule has 0 fully saturated rings. The summed E-state index contributed by atoms with van der Waals surface area (Å²) < 4.78 is 13.5. The van der Waals surface area contributed by atoms with Crippen LogP contribution in [0, 0.1) is 0 Å². The van der Waals surface area contributed by atoms with Gasteiger partial charge < -0.3 is 0 Å². The summed E-state index contributed by atoms with van der Waals surface area (Å²) in [7, 11) is 0. The molecule has 0 saturated heterocycles. The summed E-state index contributed by atoms with van der Waals surface area (Å²) >= 11 is 0. The van der Waals surface area contributed by atoms with Gasteiger partial charge in [-0.05, 0) is 73.3 Å². The number of unbranched alkanes of at least 4 members (excludes halogenated alkanes) is 1. The molecule has 0 unspecified atom stereocenters. The smallest absolute Gasteiger partial charge is 0.100 e. The molecule has 25 heavy (non-hydrogen) atoms. The molecule has 0 atom stereocenters. The predicted octanol–water partition coefficient (Wildman–Crippen LogP) is 7.32. The molecule has 2 aromatic carbocycles. The number of hydrogen-bond acceptors (Lipinski definition) is 0. The minimum atomic E-state index is -0.0276. The number of halogens is 1. The Bertz CT molecular complexity index is 635. The number of aryl methyl sites for hydroxylation is 3. The van der Waals surface area contributed by atoms with Gasteiger partial charge in [-0.1, -0.05) is 68.8 Å². The molecule has 0 amide bonds. The second-order valence-electron chi connectivity index (χ2n) is 6.86. The zero-order valence-corrected chi connectivity index (χ0v) is 15.7. The Labute approximate surface area is 152 Å². The van der Waals surface area contributed by atoms with Crippen LogP contribution in [0.3, 0.4) is 0 Å². The topological polar surface area (TPSA) is 0 Å². The lowest BCUT2D eigenvalue weighted by Crippen LogP contribution is -1.91. The summed E-state index contributed by atoms with van der Waals surface area (Å²) in [6.45, 7) is 4.22. The van der Waals surface area contributed by atoms with Crippen LogP contribution in [-0.4, -0.2) is 0 Å². The Morgan fingerprint density at radius 2 is 1.20 bits per heavy atom. The Kier molecular flexibility index (Phi) is 8.45. The zero-order valence-electron chi connectivity index (χ0n) is 15.7. The Hall–Kier alpha value is -1.89. The van der Waals surface area contributed by atoms with Crippen LogP contribution in [0.2, 0.25) is 0 Å². The normalized spacial score (nSPS) is 11.7. The van der Waals surface area contributed by atoms with E-state index in [2.05, 4.69) is 43.3 Å². The molecule has 0 bridgehead atoms. The van der Waals surface area contributed by atoms with Crippen molar-refractivity contribution in [1.82, 2.24) is 0 Å². The van der Waals surface area contributed by atoms with Crippen LogP contribution in [0.1, 0.15) is 68.2 Å². The van der Waals surface area contributed by atoms with E-state index in [0.717, 1.165) is 24.8 Å². The largest absolute Gasteiger partial charge is 0.212 e. The molecule has 0 nitrogen and oxygen atoms in total. The molecule has 0 aliphatic carbocycles. The van der Waals surface area contributed by atoms with Crippen LogP contribution < -0.4 is 0 Å². The van der Waals surface area contributed by atoms with Crippen LogP contribution in [0.4, 0.5) is 4.39 Å². The molecule has 0 radical (unpaired) electrons. The van der Waals surface area contributed by atoms with Crippen molar-refractivity contribution >= 4 is 6.08 Å². The Morgan fingerprint density at radius 1 is 0.720 bits per heavy atom. The molecular formula is C24H31F. The monoisotopic (exact) mass is 338 g/mol. The molecule has 0 N–H and O–H groups in total. The van der Waals surface area contributed by atoms with Crippen LogP contribution in [0.15, 0.2) is 54.4 Å². The van der Waals surface area contributed by atoms with E-state index >= 15 is 0 Å². The molecule has 2 rings (SSSR count). The van der Waals surface area contributed by atoms with Crippen molar-refractivity contribution in [1.29, 1.82) is 0 Å². The van der Waals surface area contributed by atoms with Crippen LogP contribution in [0.5, 0.6) is 0 Å². The van der Waals surface area contributed by atoms with Gasteiger partial charge in [-0.25, -0.2) is 4.39 Å². The van der Waals surface area contributed by atoms with Crippen molar-refractivity contribution in [2.45, 2.75) is 65.2 Å². The fourth-order valence-electron chi connectivity index (χ4n) is 3.09. The third-order valence-corrected chi connectivity index (χ3v) is 4.53. The minimum absolute atomic E-state index is 0.0276. The van der Waals surface area contributed by atoms with E-state index in [9.17, 15) is 4.39 Å². The van der Waals surface area contributed by atoms with Crippen LogP contribution >= 0.6 is 0 Å². The fraction of sp³-hybridized carbons (Fsp3) is 0.417. The lowest BCUT2D eigenvalue weighted by molar-refractivity contribution is 0.591. The molecule has 134 valence electrons. The van der Waals surface area contributed by atoms with Gasteiger partial charge in [0.2, 0.25) is 0 Å². The summed E-state index contributed by atoms with van der Waals surface area (Å²) in [5, 5.41) is 0. The third-order valence-electron chi connectivity index (χ3n) is 4.53.